The largest absolute Gasteiger partial charge is 0.512 e. The van der Waals surface area contributed by atoms with Gasteiger partial charge in [-0.25, -0.2) is 4.79 Å². The van der Waals surface area contributed by atoms with E-state index >= 15 is 0 Å². The van der Waals surface area contributed by atoms with Crippen LogP contribution in [-0.4, -0.2) is 38.3 Å². The van der Waals surface area contributed by atoms with E-state index in [1.165, 1.54) is 11.8 Å². The van der Waals surface area contributed by atoms with Crippen molar-refractivity contribution < 1.29 is 24.5 Å². The van der Waals surface area contributed by atoms with Crippen LogP contribution in [0.5, 0.6) is 0 Å². The second-order valence-corrected chi connectivity index (χ2v) is 4.02. The Morgan fingerprint density at radius 2 is 2.36 bits per heavy atom. The monoisotopic (exact) mass is 217 g/mol. The topological polar surface area (TPSA) is 87.1 Å². The quantitative estimate of drug-likeness (QED) is 0.497. The van der Waals surface area contributed by atoms with Gasteiger partial charge in [0.1, 0.15) is 0 Å². The Morgan fingerprint density at radius 3 is 2.93 bits per heavy atom. The molecule has 1 atom stereocenters. The maximum absolute atomic E-state index is 11.1. The summed E-state index contributed by atoms with van der Waals surface area (Å²) >= 11 is 1.38. The van der Waals surface area contributed by atoms with Gasteiger partial charge in [0.2, 0.25) is 11.8 Å². The lowest BCUT2D eigenvalue weighted by Crippen LogP contribution is -2.53. The molecule has 0 radical (unpaired) electrons. The van der Waals surface area contributed by atoms with Crippen LogP contribution in [0, 0.1) is 0 Å². The number of carboxylic acid groups (broad SMARTS) is 1. The Balaban J connectivity index is 2.23. The third-order valence-electron chi connectivity index (χ3n) is 1.97. The summed E-state index contributed by atoms with van der Waals surface area (Å²) in [6, 6.07) is 0. The van der Waals surface area contributed by atoms with Crippen LogP contribution in [0.4, 0.5) is 4.79 Å². The van der Waals surface area contributed by atoms with Crippen LogP contribution in [0.15, 0.2) is 11.6 Å². The summed E-state index contributed by atoms with van der Waals surface area (Å²) < 4.78 is 4.35. The Labute approximate surface area is 83.1 Å². The SMILES string of the molecule is O=C(O)OC1=C(O)CS[C@H]2CC(=O)N12. The van der Waals surface area contributed by atoms with Crippen LogP contribution < -0.4 is 0 Å². The zero-order valence-electron chi connectivity index (χ0n) is 6.97. The average molecular weight is 217 g/mol. The molecule has 7 heteroatoms. The lowest BCUT2D eigenvalue weighted by molar-refractivity contribution is -0.142. The van der Waals surface area contributed by atoms with Crippen molar-refractivity contribution in [2.45, 2.75) is 11.8 Å². The van der Waals surface area contributed by atoms with Crippen LogP contribution in [0.1, 0.15) is 6.42 Å². The molecule has 1 fully saturated rings. The molecule has 0 aromatic carbocycles. The number of aliphatic hydroxyl groups is 1. The van der Waals surface area contributed by atoms with Crippen molar-refractivity contribution in [3.05, 3.63) is 11.6 Å². The van der Waals surface area contributed by atoms with Crippen LogP contribution in [0.3, 0.4) is 0 Å². The zero-order chi connectivity index (χ0) is 10.3. The molecule has 0 saturated carbocycles. The number of aliphatic hydroxyl groups excluding tert-OH is 1. The third-order valence-corrected chi connectivity index (χ3v) is 3.17. The van der Waals surface area contributed by atoms with Crippen LogP contribution in [-0.2, 0) is 9.53 Å². The van der Waals surface area contributed by atoms with Gasteiger partial charge in [-0.1, -0.05) is 0 Å². The fraction of sp³-hybridized carbons (Fsp3) is 0.429. The number of β-lactam (4-membered cyclic amide) rings is 1. The number of amides is 1. The number of carbonyl (C=O) groups excluding carboxylic acids is 1. The zero-order valence-corrected chi connectivity index (χ0v) is 7.78. The van der Waals surface area contributed by atoms with E-state index in [0.29, 0.717) is 6.42 Å². The summed E-state index contributed by atoms with van der Waals surface area (Å²) in [5.41, 5.74) is 0. The van der Waals surface area contributed by atoms with E-state index in [2.05, 4.69) is 4.74 Å². The molecule has 0 aromatic rings. The lowest BCUT2D eigenvalue weighted by atomic mass is 10.2. The Bertz CT molecular complexity index is 339. The van der Waals surface area contributed by atoms with E-state index in [1.807, 2.05) is 0 Å². The number of nitrogens with zero attached hydrogens (tertiary/aromatic N) is 1. The van der Waals surface area contributed by atoms with Crippen molar-refractivity contribution >= 4 is 23.8 Å². The first-order valence-corrected chi connectivity index (χ1v) is 4.91. The lowest BCUT2D eigenvalue weighted by Gasteiger charge is -2.42. The molecule has 0 bridgehead atoms. The van der Waals surface area contributed by atoms with Gasteiger partial charge in [-0.15, -0.1) is 11.8 Å². The van der Waals surface area contributed by atoms with Crippen molar-refractivity contribution in [3.63, 3.8) is 0 Å². The summed E-state index contributed by atoms with van der Waals surface area (Å²) in [6.07, 6.45) is -1.17. The highest BCUT2D eigenvalue weighted by molar-refractivity contribution is 8.00. The molecule has 1 saturated heterocycles. The van der Waals surface area contributed by atoms with Gasteiger partial charge in [-0.2, -0.15) is 0 Å². The first-order chi connectivity index (χ1) is 6.59. The molecular weight excluding hydrogens is 210 g/mol. The molecule has 0 unspecified atom stereocenters. The van der Waals surface area contributed by atoms with Crippen molar-refractivity contribution in [1.82, 2.24) is 4.90 Å². The standard InChI is InChI=1S/C7H7NO5S/c9-3-2-14-5-1-4(10)8(5)6(3)13-7(11)12/h5,9H,1-2H2,(H,11,12)/t5-/m0/s1. The predicted molar refractivity (Wildman–Crippen MR) is 46.5 cm³/mol. The summed E-state index contributed by atoms with van der Waals surface area (Å²) in [7, 11) is 0. The van der Waals surface area contributed by atoms with Gasteiger partial charge < -0.3 is 14.9 Å². The first kappa shape index (κ1) is 9.20. The fourth-order valence-corrected chi connectivity index (χ4v) is 2.43. The molecule has 0 aliphatic carbocycles. The number of thioether (sulfide) groups is 1. The second-order valence-electron chi connectivity index (χ2n) is 2.85. The molecule has 0 spiro atoms. The maximum Gasteiger partial charge on any atom is 0.512 e. The van der Waals surface area contributed by atoms with Gasteiger partial charge in [-0.05, 0) is 0 Å². The molecule has 2 aliphatic rings. The van der Waals surface area contributed by atoms with E-state index in [9.17, 15) is 14.7 Å². The predicted octanol–water partition coefficient (Wildman–Crippen LogP) is 0.713. The minimum atomic E-state index is -1.53. The number of rotatable bonds is 1. The number of hydrogen-bond acceptors (Lipinski definition) is 5. The molecule has 0 aromatic heterocycles. The van der Waals surface area contributed by atoms with E-state index in [0.717, 1.165) is 4.90 Å². The van der Waals surface area contributed by atoms with Gasteiger partial charge in [0.25, 0.3) is 0 Å². The van der Waals surface area contributed by atoms with Crippen molar-refractivity contribution in [2.75, 3.05) is 5.75 Å². The van der Waals surface area contributed by atoms with Gasteiger partial charge in [0, 0.05) is 0 Å². The van der Waals surface area contributed by atoms with Crippen molar-refractivity contribution in [1.29, 1.82) is 0 Å². The van der Waals surface area contributed by atoms with Gasteiger partial charge in [0.05, 0.1) is 17.5 Å². The minimum absolute atomic E-state index is 0.0900. The molecule has 2 aliphatic heterocycles. The van der Waals surface area contributed by atoms with Gasteiger partial charge >= 0.3 is 6.16 Å². The van der Waals surface area contributed by atoms with Crippen LogP contribution in [0.2, 0.25) is 0 Å². The first-order valence-electron chi connectivity index (χ1n) is 3.86. The molecule has 2 rings (SSSR count). The fourth-order valence-electron chi connectivity index (χ4n) is 1.33. The molecule has 6 nitrogen and oxygen atoms in total. The normalized spacial score (nSPS) is 25.6. The van der Waals surface area contributed by atoms with Crippen molar-refractivity contribution in [2.24, 2.45) is 0 Å². The average Bonchev–Trinajstić information content (AvgIpc) is 2.07. The Morgan fingerprint density at radius 1 is 1.64 bits per heavy atom. The number of hydrogen-bond donors (Lipinski definition) is 2. The summed E-state index contributed by atoms with van der Waals surface area (Å²) in [5.74, 6) is -0.402. The molecule has 1 amide bonds. The van der Waals surface area contributed by atoms with Gasteiger partial charge in [0.15, 0.2) is 5.76 Å². The van der Waals surface area contributed by atoms with Crippen LogP contribution in [0.25, 0.3) is 0 Å². The van der Waals surface area contributed by atoms with E-state index in [-0.39, 0.29) is 28.7 Å². The highest BCUT2D eigenvalue weighted by atomic mass is 32.2. The Kier molecular flexibility index (Phi) is 2.03. The van der Waals surface area contributed by atoms with E-state index in [1.54, 1.807) is 0 Å². The number of fused-ring (bicyclic) bond motifs is 1. The second kappa shape index (κ2) is 3.09. The highest BCUT2D eigenvalue weighted by Gasteiger charge is 2.45. The summed E-state index contributed by atoms with van der Waals surface area (Å²) in [5, 5.41) is 17.6. The van der Waals surface area contributed by atoms with Crippen LogP contribution >= 0.6 is 11.8 Å². The highest BCUT2D eigenvalue weighted by Crippen LogP contribution is 2.39. The maximum atomic E-state index is 11.1. The molecule has 14 heavy (non-hydrogen) atoms. The number of ether oxygens (including phenoxy) is 1. The molecule has 2 N–H and O–H groups in total. The smallest absolute Gasteiger partial charge is 0.506 e. The molecule has 2 heterocycles. The molecular formula is C7H7NO5S. The Hall–Kier alpha value is -1.37. The van der Waals surface area contributed by atoms with Gasteiger partial charge in [-0.3, -0.25) is 9.69 Å². The number of carbonyl (C=O) groups is 2. The third kappa shape index (κ3) is 1.29. The summed E-state index contributed by atoms with van der Waals surface area (Å²) in [4.78, 5) is 22.5. The summed E-state index contributed by atoms with van der Waals surface area (Å²) in [6.45, 7) is 0. The van der Waals surface area contributed by atoms with Crippen molar-refractivity contribution in [3.8, 4) is 0 Å². The molecule has 76 valence electrons. The minimum Gasteiger partial charge on any atom is -0.506 e. The van der Waals surface area contributed by atoms with E-state index < -0.39 is 6.16 Å². The van der Waals surface area contributed by atoms with E-state index in [4.69, 9.17) is 5.11 Å².